The molecule has 1 saturated heterocycles. The van der Waals surface area contributed by atoms with Crippen LogP contribution in [0.25, 0.3) is 11.0 Å². The number of ether oxygens (including phenoxy) is 1. The Balaban J connectivity index is 1.93. The van der Waals surface area contributed by atoms with Crippen LogP contribution in [0.2, 0.25) is 0 Å². The number of carbonyl (C=O) groups excluding carboxylic acids is 1. The molecule has 32 heavy (non-hydrogen) atoms. The molecule has 4 N–H and O–H groups in total. The summed E-state index contributed by atoms with van der Waals surface area (Å²) in [4.78, 5) is 21.9. The number of nitrogens with one attached hydrogen (secondary N) is 1. The fourth-order valence-electron chi connectivity index (χ4n) is 4.48. The van der Waals surface area contributed by atoms with E-state index in [1.165, 1.54) is 6.33 Å². The van der Waals surface area contributed by atoms with Crippen LogP contribution >= 0.6 is 0 Å². The normalized spacial score (nSPS) is 24.9. The molecule has 3 rings (SSSR count). The number of hydrogen-bond acceptors (Lipinski definition) is 7. The molecule has 2 aromatic rings. The number of aliphatic hydroxyl groups is 3. The van der Waals surface area contributed by atoms with Crippen LogP contribution in [-0.4, -0.2) is 60.7 Å². The van der Waals surface area contributed by atoms with Crippen molar-refractivity contribution in [3.05, 3.63) is 18.1 Å². The molecule has 2 unspecified atom stereocenters. The number of anilines is 1. The van der Waals surface area contributed by atoms with Crippen molar-refractivity contribution in [1.29, 1.82) is 0 Å². The molecule has 0 aromatic carbocycles. The number of carbonyl (C=O) groups is 1. The minimum atomic E-state index is -1.22. The van der Waals surface area contributed by atoms with E-state index in [1.807, 2.05) is 6.92 Å². The van der Waals surface area contributed by atoms with Crippen LogP contribution in [-0.2, 0) is 9.53 Å². The Hall–Kier alpha value is -2.07. The Morgan fingerprint density at radius 1 is 1.25 bits per heavy atom. The summed E-state index contributed by atoms with van der Waals surface area (Å²) < 4.78 is 7.28. The highest BCUT2D eigenvalue weighted by molar-refractivity contribution is 6.00. The average molecular weight is 449 g/mol. The maximum absolute atomic E-state index is 13.2. The number of hydrogen-bond donors (Lipinski definition) is 4. The molecule has 0 saturated carbocycles. The fraction of sp³-hybridized carbons (Fsp3) is 0.696. The van der Waals surface area contributed by atoms with Crippen LogP contribution in [0.3, 0.4) is 0 Å². The summed E-state index contributed by atoms with van der Waals surface area (Å²) >= 11 is 0. The van der Waals surface area contributed by atoms with Crippen LogP contribution in [0.15, 0.2) is 12.5 Å². The molecule has 0 radical (unpaired) electrons. The number of aliphatic hydroxyl groups excluding tert-OH is 3. The molecule has 1 amide bonds. The summed E-state index contributed by atoms with van der Waals surface area (Å²) in [6.45, 7) is 12.0. The van der Waals surface area contributed by atoms with E-state index in [0.29, 0.717) is 22.8 Å². The summed E-state index contributed by atoms with van der Waals surface area (Å²) in [5.74, 6) is 0.565. The third-order valence-corrected chi connectivity index (χ3v) is 5.82. The van der Waals surface area contributed by atoms with Gasteiger partial charge in [-0.2, -0.15) is 0 Å². The first kappa shape index (κ1) is 24.6. The lowest BCUT2D eigenvalue weighted by atomic mass is 9.80. The second-order valence-corrected chi connectivity index (χ2v) is 10.4. The molecule has 178 valence electrons. The number of fused-ring (bicyclic) bond motifs is 1. The van der Waals surface area contributed by atoms with Crippen molar-refractivity contribution in [2.75, 3.05) is 11.9 Å². The number of aromatic nitrogens is 3. The standard InChI is InChI=1S/C23H36N4O5/c1-12(2)7-14(8-23(4,5)6)21(31)26-19-16-13(3)9-27(20(16)25-11-24-19)22-18(30)17(29)15(10-28)32-22/h9,11-12,14-15,17-18,22,28-30H,7-8,10H2,1-6H3,(H,24,25,26,31)/t14?,15-,17+,18?,22-/m1/s1. The molecule has 9 heteroatoms. The maximum atomic E-state index is 13.2. The van der Waals surface area contributed by atoms with Gasteiger partial charge in [0.2, 0.25) is 5.91 Å². The minimum Gasteiger partial charge on any atom is -0.394 e. The van der Waals surface area contributed by atoms with E-state index in [9.17, 15) is 20.1 Å². The lowest BCUT2D eigenvalue weighted by molar-refractivity contribution is -0.121. The van der Waals surface area contributed by atoms with Gasteiger partial charge in [-0.25, -0.2) is 9.97 Å². The van der Waals surface area contributed by atoms with Crippen molar-refractivity contribution < 1.29 is 24.9 Å². The van der Waals surface area contributed by atoms with Crippen molar-refractivity contribution >= 4 is 22.8 Å². The maximum Gasteiger partial charge on any atom is 0.228 e. The Bertz CT molecular complexity index is 952. The Labute approximate surface area is 188 Å². The van der Waals surface area contributed by atoms with E-state index in [0.717, 1.165) is 18.4 Å². The Morgan fingerprint density at radius 2 is 1.94 bits per heavy atom. The predicted octanol–water partition coefficient (Wildman–Crippen LogP) is 2.39. The first-order valence-corrected chi connectivity index (χ1v) is 11.2. The molecule has 0 spiro atoms. The van der Waals surface area contributed by atoms with E-state index in [2.05, 4.69) is 49.9 Å². The quantitative estimate of drug-likeness (QED) is 0.512. The van der Waals surface area contributed by atoms with Gasteiger partial charge in [0, 0.05) is 12.1 Å². The molecule has 9 nitrogen and oxygen atoms in total. The van der Waals surface area contributed by atoms with Gasteiger partial charge in [-0.05, 0) is 36.7 Å². The first-order valence-electron chi connectivity index (χ1n) is 11.2. The minimum absolute atomic E-state index is 0.0111. The largest absolute Gasteiger partial charge is 0.394 e. The molecule has 0 bridgehead atoms. The molecule has 3 heterocycles. The highest BCUT2D eigenvalue weighted by atomic mass is 16.6. The molecular formula is C23H36N4O5. The molecule has 1 aliphatic heterocycles. The summed E-state index contributed by atoms with van der Waals surface area (Å²) in [5.41, 5.74) is 1.28. The third kappa shape index (κ3) is 5.11. The summed E-state index contributed by atoms with van der Waals surface area (Å²) in [7, 11) is 0. The third-order valence-electron chi connectivity index (χ3n) is 5.82. The second-order valence-electron chi connectivity index (χ2n) is 10.4. The van der Waals surface area contributed by atoms with Gasteiger partial charge in [0.1, 0.15) is 36.1 Å². The topological polar surface area (TPSA) is 130 Å². The predicted molar refractivity (Wildman–Crippen MR) is 121 cm³/mol. The van der Waals surface area contributed by atoms with Crippen molar-refractivity contribution in [1.82, 2.24) is 14.5 Å². The lowest BCUT2D eigenvalue weighted by Crippen LogP contribution is -2.33. The molecule has 1 fully saturated rings. The van der Waals surface area contributed by atoms with Crippen LogP contribution in [0.4, 0.5) is 5.82 Å². The molecule has 2 aromatic heterocycles. The number of aryl methyl sites for hydroxylation is 1. The monoisotopic (exact) mass is 448 g/mol. The van der Waals surface area contributed by atoms with E-state index in [1.54, 1.807) is 10.8 Å². The van der Waals surface area contributed by atoms with Crippen molar-refractivity contribution in [2.45, 2.75) is 78.9 Å². The molecule has 5 atom stereocenters. The van der Waals surface area contributed by atoms with Crippen molar-refractivity contribution in [3.63, 3.8) is 0 Å². The van der Waals surface area contributed by atoms with Gasteiger partial charge in [-0.1, -0.05) is 34.6 Å². The van der Waals surface area contributed by atoms with E-state index in [-0.39, 0.29) is 17.2 Å². The summed E-state index contributed by atoms with van der Waals surface area (Å²) in [6, 6.07) is 0. The van der Waals surface area contributed by atoms with E-state index < -0.39 is 31.1 Å². The average Bonchev–Trinajstić information content (AvgIpc) is 3.17. The van der Waals surface area contributed by atoms with E-state index in [4.69, 9.17) is 4.74 Å². The van der Waals surface area contributed by atoms with Crippen LogP contribution in [0.1, 0.15) is 59.3 Å². The van der Waals surface area contributed by atoms with Crippen LogP contribution < -0.4 is 5.32 Å². The molecular weight excluding hydrogens is 412 g/mol. The lowest BCUT2D eigenvalue weighted by Gasteiger charge is -2.26. The fourth-order valence-corrected chi connectivity index (χ4v) is 4.48. The summed E-state index contributed by atoms with van der Waals surface area (Å²) in [5, 5.41) is 33.6. The number of nitrogens with zero attached hydrogens (tertiary/aromatic N) is 3. The van der Waals surface area contributed by atoms with Crippen molar-refractivity contribution in [2.24, 2.45) is 17.3 Å². The van der Waals surface area contributed by atoms with Crippen molar-refractivity contribution in [3.8, 4) is 0 Å². The van der Waals surface area contributed by atoms with E-state index >= 15 is 0 Å². The molecule has 1 aliphatic rings. The van der Waals surface area contributed by atoms with Gasteiger partial charge in [0.25, 0.3) is 0 Å². The Kier molecular flexibility index (Phi) is 7.24. The zero-order valence-corrected chi connectivity index (χ0v) is 19.7. The van der Waals surface area contributed by atoms with Crippen LogP contribution in [0, 0.1) is 24.2 Å². The number of amides is 1. The zero-order chi connectivity index (χ0) is 23.8. The smallest absolute Gasteiger partial charge is 0.228 e. The zero-order valence-electron chi connectivity index (χ0n) is 19.7. The first-order chi connectivity index (χ1) is 14.9. The highest BCUT2D eigenvalue weighted by Crippen LogP contribution is 2.35. The van der Waals surface area contributed by atoms with Gasteiger partial charge >= 0.3 is 0 Å². The van der Waals surface area contributed by atoms with Crippen LogP contribution in [0.5, 0.6) is 0 Å². The van der Waals surface area contributed by atoms with Gasteiger partial charge in [-0.15, -0.1) is 0 Å². The second kappa shape index (κ2) is 9.43. The van der Waals surface area contributed by atoms with Gasteiger partial charge in [-0.3, -0.25) is 4.79 Å². The molecule has 0 aliphatic carbocycles. The Morgan fingerprint density at radius 3 is 2.50 bits per heavy atom. The van der Waals surface area contributed by atoms with Gasteiger partial charge < -0.3 is 29.9 Å². The number of rotatable bonds is 7. The SMILES string of the molecule is Cc1cn([C@@H]2O[C@H](CO)[C@H](O)C2O)c2ncnc(NC(=O)C(CC(C)C)CC(C)(C)C)c12. The highest BCUT2D eigenvalue weighted by Gasteiger charge is 2.44. The van der Waals surface area contributed by atoms with Gasteiger partial charge in [0.05, 0.1) is 12.0 Å². The summed E-state index contributed by atoms with van der Waals surface area (Å²) in [6.07, 6.45) is 0.407. The van der Waals surface area contributed by atoms with Gasteiger partial charge in [0.15, 0.2) is 6.23 Å².